The maximum Gasteiger partial charge on any atom is 0.195 e. The van der Waals surface area contributed by atoms with Gasteiger partial charge in [0, 0.05) is 34.2 Å². The first-order chi connectivity index (χ1) is 8.06. The maximum atomic E-state index is 4.77. The van der Waals surface area contributed by atoms with Gasteiger partial charge in [0.1, 0.15) is 0 Å². The fourth-order valence-electron chi connectivity index (χ4n) is 2.48. The summed E-state index contributed by atoms with van der Waals surface area (Å²) in [6.07, 6.45) is 3.90. The summed E-state index contributed by atoms with van der Waals surface area (Å²) >= 11 is 0. The molecule has 4 heteroatoms. The van der Waals surface area contributed by atoms with Crippen molar-refractivity contribution in [1.29, 1.82) is 0 Å². The Morgan fingerprint density at radius 2 is 1.65 bits per heavy atom. The van der Waals surface area contributed by atoms with E-state index in [1.165, 1.54) is 32.4 Å². The number of rotatable bonds is 4. The zero-order valence-corrected chi connectivity index (χ0v) is 12.1. The molecule has 4 nitrogen and oxygen atoms in total. The number of hydrogen-bond donors (Lipinski definition) is 0. The highest BCUT2D eigenvalue weighted by Crippen LogP contribution is 2.14. The van der Waals surface area contributed by atoms with E-state index in [1.54, 1.807) is 0 Å². The molecule has 0 aromatic carbocycles. The highest BCUT2D eigenvalue weighted by atomic mass is 15.3. The van der Waals surface area contributed by atoms with E-state index in [1.807, 2.05) is 0 Å². The molecule has 1 atom stereocenters. The van der Waals surface area contributed by atoms with Gasteiger partial charge in [-0.1, -0.05) is 6.92 Å². The molecular weight excluding hydrogens is 212 g/mol. The fourth-order valence-corrected chi connectivity index (χ4v) is 2.48. The molecule has 1 aliphatic rings. The molecular formula is C13H28N4. The van der Waals surface area contributed by atoms with Crippen LogP contribution in [0.4, 0.5) is 0 Å². The van der Waals surface area contributed by atoms with Crippen LogP contribution in [0.25, 0.3) is 0 Å². The lowest BCUT2D eigenvalue weighted by molar-refractivity contribution is 0.241. The van der Waals surface area contributed by atoms with Gasteiger partial charge in [-0.15, -0.1) is 0 Å². The Hall–Kier alpha value is -0.770. The third-order valence-electron chi connectivity index (χ3n) is 3.37. The SMILES string of the molecule is CCC(CN=C(N(C)C)N(C)C)N1CCCC1. The van der Waals surface area contributed by atoms with Crippen molar-refractivity contribution in [1.82, 2.24) is 14.7 Å². The fraction of sp³-hybridized carbons (Fsp3) is 0.923. The van der Waals surface area contributed by atoms with E-state index >= 15 is 0 Å². The molecule has 0 radical (unpaired) electrons. The van der Waals surface area contributed by atoms with Crippen molar-refractivity contribution in [3.63, 3.8) is 0 Å². The first kappa shape index (κ1) is 14.3. The van der Waals surface area contributed by atoms with E-state index in [2.05, 4.69) is 49.8 Å². The Balaban J connectivity index is 2.57. The first-order valence-electron chi connectivity index (χ1n) is 6.69. The zero-order chi connectivity index (χ0) is 12.8. The van der Waals surface area contributed by atoms with Crippen LogP contribution in [0.2, 0.25) is 0 Å². The minimum absolute atomic E-state index is 0.618. The Labute approximate surface area is 106 Å². The predicted molar refractivity (Wildman–Crippen MR) is 74.6 cm³/mol. The lowest BCUT2D eigenvalue weighted by Crippen LogP contribution is -2.39. The van der Waals surface area contributed by atoms with Crippen molar-refractivity contribution in [2.45, 2.75) is 32.2 Å². The lowest BCUT2D eigenvalue weighted by atomic mass is 10.2. The van der Waals surface area contributed by atoms with Gasteiger partial charge in [-0.25, -0.2) is 0 Å². The average Bonchev–Trinajstić information content (AvgIpc) is 2.76. The van der Waals surface area contributed by atoms with E-state index < -0.39 is 0 Å². The standard InChI is InChI=1S/C13H28N4/c1-6-12(17-9-7-8-10-17)11-14-13(15(2)3)16(4)5/h12H,6-11H2,1-5H3. The molecule has 0 bridgehead atoms. The van der Waals surface area contributed by atoms with Gasteiger partial charge in [-0.2, -0.15) is 0 Å². The number of guanidine groups is 1. The van der Waals surface area contributed by atoms with Crippen LogP contribution in [0.5, 0.6) is 0 Å². The Kier molecular flexibility index (Phi) is 5.75. The number of hydrogen-bond acceptors (Lipinski definition) is 2. The molecule has 17 heavy (non-hydrogen) atoms. The molecule has 0 N–H and O–H groups in total. The smallest absolute Gasteiger partial charge is 0.195 e. The van der Waals surface area contributed by atoms with Gasteiger partial charge in [0.05, 0.1) is 6.54 Å². The second-order valence-corrected chi connectivity index (χ2v) is 5.23. The van der Waals surface area contributed by atoms with Crippen molar-refractivity contribution in [3.05, 3.63) is 0 Å². The van der Waals surface area contributed by atoms with Crippen molar-refractivity contribution in [2.75, 3.05) is 47.8 Å². The van der Waals surface area contributed by atoms with Gasteiger partial charge >= 0.3 is 0 Å². The van der Waals surface area contributed by atoms with E-state index in [4.69, 9.17) is 4.99 Å². The largest absolute Gasteiger partial charge is 0.349 e. The topological polar surface area (TPSA) is 22.1 Å². The van der Waals surface area contributed by atoms with Gasteiger partial charge in [0.2, 0.25) is 0 Å². The van der Waals surface area contributed by atoms with E-state index in [0.29, 0.717) is 6.04 Å². The van der Waals surface area contributed by atoms with Crippen LogP contribution in [0.1, 0.15) is 26.2 Å². The number of aliphatic imine (C=N–C) groups is 1. The van der Waals surface area contributed by atoms with Gasteiger partial charge in [-0.05, 0) is 32.4 Å². The number of nitrogens with zero attached hydrogens (tertiary/aromatic N) is 4. The Morgan fingerprint density at radius 1 is 1.12 bits per heavy atom. The minimum Gasteiger partial charge on any atom is -0.349 e. The Morgan fingerprint density at radius 3 is 2.06 bits per heavy atom. The zero-order valence-electron chi connectivity index (χ0n) is 12.1. The second-order valence-electron chi connectivity index (χ2n) is 5.23. The molecule has 0 amide bonds. The van der Waals surface area contributed by atoms with Crippen LogP contribution in [0.15, 0.2) is 4.99 Å². The summed E-state index contributed by atoms with van der Waals surface area (Å²) in [6.45, 7) is 5.70. The number of likely N-dealkylation sites (tertiary alicyclic amines) is 1. The summed E-state index contributed by atoms with van der Waals surface area (Å²) in [5, 5.41) is 0. The predicted octanol–water partition coefficient (Wildman–Crippen LogP) is 1.34. The van der Waals surface area contributed by atoms with Gasteiger partial charge in [0.25, 0.3) is 0 Å². The van der Waals surface area contributed by atoms with Crippen LogP contribution < -0.4 is 0 Å². The molecule has 1 heterocycles. The van der Waals surface area contributed by atoms with Gasteiger partial charge < -0.3 is 9.80 Å². The van der Waals surface area contributed by atoms with Crippen LogP contribution >= 0.6 is 0 Å². The summed E-state index contributed by atoms with van der Waals surface area (Å²) in [5.74, 6) is 1.06. The highest BCUT2D eigenvalue weighted by Gasteiger charge is 2.20. The molecule has 0 saturated carbocycles. The van der Waals surface area contributed by atoms with E-state index in [-0.39, 0.29) is 0 Å². The third-order valence-corrected chi connectivity index (χ3v) is 3.37. The summed E-state index contributed by atoms with van der Waals surface area (Å²) in [6, 6.07) is 0.618. The van der Waals surface area contributed by atoms with Gasteiger partial charge in [0.15, 0.2) is 5.96 Å². The second kappa shape index (κ2) is 6.84. The van der Waals surface area contributed by atoms with Crippen molar-refractivity contribution >= 4 is 5.96 Å². The first-order valence-corrected chi connectivity index (χ1v) is 6.69. The minimum atomic E-state index is 0.618. The quantitative estimate of drug-likeness (QED) is 0.547. The molecule has 1 rings (SSSR count). The molecule has 0 aliphatic carbocycles. The van der Waals surface area contributed by atoms with Gasteiger partial charge in [-0.3, -0.25) is 9.89 Å². The van der Waals surface area contributed by atoms with Crippen molar-refractivity contribution in [2.24, 2.45) is 4.99 Å². The van der Waals surface area contributed by atoms with Crippen molar-refractivity contribution < 1.29 is 0 Å². The highest BCUT2D eigenvalue weighted by molar-refractivity contribution is 5.79. The summed E-state index contributed by atoms with van der Waals surface area (Å²) < 4.78 is 0. The Bertz CT molecular complexity index is 232. The molecule has 100 valence electrons. The average molecular weight is 240 g/mol. The molecule has 0 aromatic rings. The molecule has 1 saturated heterocycles. The van der Waals surface area contributed by atoms with Crippen LogP contribution in [-0.2, 0) is 0 Å². The van der Waals surface area contributed by atoms with Crippen molar-refractivity contribution in [3.8, 4) is 0 Å². The molecule has 1 fully saturated rings. The molecule has 0 spiro atoms. The lowest BCUT2D eigenvalue weighted by Gasteiger charge is -2.27. The van der Waals surface area contributed by atoms with E-state index in [9.17, 15) is 0 Å². The van der Waals surface area contributed by atoms with Crippen LogP contribution in [0.3, 0.4) is 0 Å². The molecule has 0 aromatic heterocycles. The summed E-state index contributed by atoms with van der Waals surface area (Å²) in [5.41, 5.74) is 0. The normalized spacial score (nSPS) is 17.9. The summed E-state index contributed by atoms with van der Waals surface area (Å²) in [4.78, 5) is 11.5. The molecule has 1 unspecified atom stereocenters. The molecule has 1 aliphatic heterocycles. The van der Waals surface area contributed by atoms with Crippen LogP contribution in [0, 0.1) is 0 Å². The van der Waals surface area contributed by atoms with Crippen LogP contribution in [-0.4, -0.2) is 74.5 Å². The summed E-state index contributed by atoms with van der Waals surface area (Å²) in [7, 11) is 8.20. The maximum absolute atomic E-state index is 4.77. The monoisotopic (exact) mass is 240 g/mol. The third kappa shape index (κ3) is 4.19. The van der Waals surface area contributed by atoms with E-state index in [0.717, 1.165) is 12.5 Å².